The third-order valence-corrected chi connectivity index (χ3v) is 12.3. The summed E-state index contributed by atoms with van der Waals surface area (Å²) in [5, 5.41) is 7.17. The maximum atomic E-state index is 5.51. The Balaban J connectivity index is 1.20. The molecule has 0 spiro atoms. The average Bonchev–Trinajstić information content (AvgIpc) is 3.94. The van der Waals surface area contributed by atoms with E-state index in [1.807, 2.05) is 0 Å². The van der Waals surface area contributed by atoms with Gasteiger partial charge in [0.2, 0.25) is 5.95 Å². The molecule has 0 aliphatic rings. The SMILES string of the molecule is Cc1cccc2c3ccccc3n(-c3nc(-c4ccccc4-n4c5ccccc5c5cccc(C)c54)nc(-c4ccccc4-n4c5ccccc5c5cccc(C)c54)n3)c12. The van der Waals surface area contributed by atoms with Crippen molar-refractivity contribution in [2.24, 2.45) is 0 Å². The summed E-state index contributed by atoms with van der Waals surface area (Å²) >= 11 is 0. The van der Waals surface area contributed by atoms with Crippen LogP contribution in [0.5, 0.6) is 0 Å². The lowest BCUT2D eigenvalue weighted by molar-refractivity contribution is 0.948. The lowest BCUT2D eigenvalue weighted by Gasteiger charge is -2.17. The molecule has 8 aromatic carbocycles. The lowest BCUT2D eigenvalue weighted by atomic mass is 10.1. The number of aromatic nitrogens is 6. The van der Waals surface area contributed by atoms with E-state index in [-0.39, 0.29) is 0 Å². The Bertz CT molecular complexity index is 3530. The van der Waals surface area contributed by atoms with Crippen LogP contribution in [-0.4, -0.2) is 28.7 Å². The third-order valence-electron chi connectivity index (χ3n) is 12.3. The highest BCUT2D eigenvalue weighted by Crippen LogP contribution is 2.40. The zero-order valence-corrected chi connectivity index (χ0v) is 33.4. The predicted molar refractivity (Wildman–Crippen MR) is 248 cm³/mol. The molecular formula is C54H38N6. The zero-order chi connectivity index (χ0) is 40.1. The van der Waals surface area contributed by atoms with Crippen LogP contribution >= 0.6 is 0 Å². The van der Waals surface area contributed by atoms with Gasteiger partial charge in [0.05, 0.1) is 44.5 Å². The maximum Gasteiger partial charge on any atom is 0.238 e. The van der Waals surface area contributed by atoms with Crippen LogP contribution in [0.4, 0.5) is 0 Å². The molecule has 0 aliphatic heterocycles. The first-order chi connectivity index (χ1) is 29.5. The minimum Gasteiger partial charge on any atom is -0.308 e. The number of hydrogen-bond donors (Lipinski definition) is 0. The van der Waals surface area contributed by atoms with Gasteiger partial charge in [-0.05, 0) is 79.9 Å². The van der Waals surface area contributed by atoms with Crippen LogP contribution < -0.4 is 0 Å². The van der Waals surface area contributed by atoms with Gasteiger partial charge in [0, 0.05) is 43.4 Å². The fourth-order valence-corrected chi connectivity index (χ4v) is 9.70. The Labute approximate surface area is 346 Å². The van der Waals surface area contributed by atoms with Gasteiger partial charge >= 0.3 is 0 Å². The van der Waals surface area contributed by atoms with Crippen LogP contribution in [0.25, 0.3) is 106 Å². The van der Waals surface area contributed by atoms with Crippen LogP contribution in [0.3, 0.4) is 0 Å². The van der Waals surface area contributed by atoms with Gasteiger partial charge in [-0.15, -0.1) is 0 Å². The highest BCUT2D eigenvalue weighted by Gasteiger charge is 2.24. The van der Waals surface area contributed by atoms with Crippen LogP contribution in [0.1, 0.15) is 16.7 Å². The van der Waals surface area contributed by atoms with E-state index < -0.39 is 0 Å². The van der Waals surface area contributed by atoms with Crippen molar-refractivity contribution in [1.29, 1.82) is 0 Å². The fourth-order valence-electron chi connectivity index (χ4n) is 9.70. The third kappa shape index (κ3) is 4.91. The highest BCUT2D eigenvalue weighted by molar-refractivity contribution is 6.12. The number of para-hydroxylation sites is 8. The van der Waals surface area contributed by atoms with E-state index in [4.69, 9.17) is 15.0 Å². The van der Waals surface area contributed by atoms with Crippen LogP contribution in [0.2, 0.25) is 0 Å². The van der Waals surface area contributed by atoms with E-state index in [1.165, 1.54) is 43.7 Å². The number of hydrogen-bond acceptors (Lipinski definition) is 3. The summed E-state index contributed by atoms with van der Waals surface area (Å²) in [7, 11) is 0. The molecule has 6 nitrogen and oxygen atoms in total. The first-order valence-electron chi connectivity index (χ1n) is 20.5. The molecule has 0 saturated heterocycles. The molecule has 0 saturated carbocycles. The quantitative estimate of drug-likeness (QED) is 0.175. The predicted octanol–water partition coefficient (Wildman–Crippen LogP) is 13.4. The van der Waals surface area contributed by atoms with Crippen LogP contribution in [-0.2, 0) is 0 Å². The summed E-state index contributed by atoms with van der Waals surface area (Å²) in [6.07, 6.45) is 0. The number of aryl methyl sites for hydroxylation is 3. The minimum atomic E-state index is 0.567. The van der Waals surface area contributed by atoms with E-state index >= 15 is 0 Å². The van der Waals surface area contributed by atoms with E-state index in [1.54, 1.807) is 0 Å². The molecule has 0 atom stereocenters. The van der Waals surface area contributed by atoms with Gasteiger partial charge in [-0.2, -0.15) is 9.97 Å². The Morgan fingerprint density at radius 2 is 0.633 bits per heavy atom. The molecule has 4 aromatic heterocycles. The molecule has 0 bridgehead atoms. The van der Waals surface area contributed by atoms with Crippen molar-refractivity contribution in [1.82, 2.24) is 28.7 Å². The molecule has 0 N–H and O–H groups in total. The summed E-state index contributed by atoms with van der Waals surface area (Å²) in [6, 6.07) is 62.6. The number of nitrogens with zero attached hydrogens (tertiary/aromatic N) is 6. The topological polar surface area (TPSA) is 53.5 Å². The van der Waals surface area contributed by atoms with Gasteiger partial charge in [0.15, 0.2) is 11.6 Å². The van der Waals surface area contributed by atoms with E-state index in [9.17, 15) is 0 Å². The van der Waals surface area contributed by atoms with Crippen molar-refractivity contribution in [3.63, 3.8) is 0 Å². The van der Waals surface area contributed by atoms with Crippen molar-refractivity contribution in [3.05, 3.63) is 193 Å². The molecule has 0 aliphatic carbocycles. The fraction of sp³-hybridized carbons (Fsp3) is 0.0556. The monoisotopic (exact) mass is 770 g/mol. The summed E-state index contributed by atoms with van der Waals surface area (Å²) in [5.41, 5.74) is 14.1. The largest absolute Gasteiger partial charge is 0.308 e. The molecular weight excluding hydrogens is 733 g/mol. The van der Waals surface area contributed by atoms with Gasteiger partial charge < -0.3 is 9.13 Å². The van der Waals surface area contributed by atoms with Crippen molar-refractivity contribution in [3.8, 4) is 40.1 Å². The van der Waals surface area contributed by atoms with Crippen molar-refractivity contribution in [2.75, 3.05) is 0 Å². The summed E-state index contributed by atoms with van der Waals surface area (Å²) in [4.78, 5) is 16.5. The summed E-state index contributed by atoms with van der Waals surface area (Å²) in [5.74, 6) is 1.76. The zero-order valence-electron chi connectivity index (χ0n) is 33.4. The van der Waals surface area contributed by atoms with Gasteiger partial charge in [-0.3, -0.25) is 4.57 Å². The second-order valence-corrected chi connectivity index (χ2v) is 15.8. The molecule has 60 heavy (non-hydrogen) atoms. The van der Waals surface area contributed by atoms with Crippen molar-refractivity contribution in [2.45, 2.75) is 20.8 Å². The standard InChI is InChI=1S/C54H38N6/c1-33-17-14-25-39-36-20-4-9-28-44(36)58(49(33)39)47-31-12-7-23-42(47)52-55-53(57-54(56-52)60-46-30-11-6-22-38(46)41-27-16-19-35(3)51(41)60)43-24-8-13-32-48(43)59-45-29-10-5-21-37(45)40-26-15-18-34(2)50(40)59/h4-32H,1-3H3. The second-order valence-electron chi connectivity index (χ2n) is 15.8. The number of fused-ring (bicyclic) bond motifs is 9. The molecule has 12 aromatic rings. The van der Waals surface area contributed by atoms with E-state index in [0.717, 1.165) is 60.9 Å². The Hall–Kier alpha value is -7.83. The number of benzene rings is 8. The molecule has 4 heterocycles. The second kappa shape index (κ2) is 13.1. The highest BCUT2D eigenvalue weighted by atomic mass is 15.2. The molecule has 284 valence electrons. The Kier molecular flexibility index (Phi) is 7.47. The van der Waals surface area contributed by atoms with Gasteiger partial charge in [0.1, 0.15) is 0 Å². The van der Waals surface area contributed by atoms with Gasteiger partial charge in [0.25, 0.3) is 0 Å². The summed E-state index contributed by atoms with van der Waals surface area (Å²) in [6.45, 7) is 6.55. The first-order valence-corrected chi connectivity index (χ1v) is 20.5. The minimum absolute atomic E-state index is 0.567. The summed E-state index contributed by atoms with van der Waals surface area (Å²) < 4.78 is 7.00. The van der Waals surface area contributed by atoms with Crippen molar-refractivity contribution < 1.29 is 0 Å². The lowest BCUT2D eigenvalue weighted by Crippen LogP contribution is -2.09. The Morgan fingerprint density at radius 3 is 1.07 bits per heavy atom. The average molecular weight is 771 g/mol. The maximum absolute atomic E-state index is 5.51. The van der Waals surface area contributed by atoms with Crippen LogP contribution in [0.15, 0.2) is 176 Å². The number of rotatable bonds is 5. The van der Waals surface area contributed by atoms with E-state index in [0.29, 0.717) is 17.6 Å². The van der Waals surface area contributed by atoms with Crippen molar-refractivity contribution >= 4 is 65.4 Å². The van der Waals surface area contributed by atoms with Gasteiger partial charge in [-0.25, -0.2) is 4.98 Å². The Morgan fingerprint density at radius 1 is 0.300 bits per heavy atom. The molecule has 0 radical (unpaired) electrons. The molecule has 0 unspecified atom stereocenters. The molecule has 0 amide bonds. The van der Waals surface area contributed by atoms with Crippen LogP contribution in [0, 0.1) is 20.8 Å². The molecule has 12 rings (SSSR count). The molecule has 0 fully saturated rings. The smallest absolute Gasteiger partial charge is 0.238 e. The van der Waals surface area contributed by atoms with E-state index in [2.05, 4.69) is 210 Å². The normalized spacial score (nSPS) is 11.9. The molecule has 6 heteroatoms. The first kappa shape index (κ1) is 34.2. The van der Waals surface area contributed by atoms with Gasteiger partial charge in [-0.1, -0.05) is 133 Å².